The summed E-state index contributed by atoms with van der Waals surface area (Å²) in [6, 6.07) is 15.5. The number of benzene rings is 2. The second-order valence-electron chi connectivity index (χ2n) is 8.82. The SMILES string of the molecule is COc1cccc(N2C(=O)/C(=C\c3ccc(C(C)C)cc3)N=C2SCC(=O)N2CCCCC2)c1. The summed E-state index contributed by atoms with van der Waals surface area (Å²) in [4.78, 5) is 34.3. The van der Waals surface area contributed by atoms with Crippen molar-refractivity contribution in [2.24, 2.45) is 4.99 Å². The van der Waals surface area contributed by atoms with Crippen LogP contribution in [-0.2, 0) is 9.59 Å². The number of amides is 2. The van der Waals surface area contributed by atoms with Gasteiger partial charge in [0, 0.05) is 19.2 Å². The lowest BCUT2D eigenvalue weighted by atomic mass is 10.0. The zero-order valence-corrected chi connectivity index (χ0v) is 20.8. The fourth-order valence-corrected chi connectivity index (χ4v) is 4.98. The van der Waals surface area contributed by atoms with Crippen molar-refractivity contribution >= 4 is 40.5 Å². The Morgan fingerprint density at radius 2 is 1.85 bits per heavy atom. The van der Waals surface area contributed by atoms with Crippen LogP contribution < -0.4 is 9.64 Å². The molecule has 1 saturated heterocycles. The lowest BCUT2D eigenvalue weighted by Gasteiger charge is -2.27. The highest BCUT2D eigenvalue weighted by molar-refractivity contribution is 8.14. The molecule has 1 fully saturated rings. The van der Waals surface area contributed by atoms with E-state index in [1.165, 1.54) is 23.7 Å². The molecule has 2 aliphatic rings. The molecule has 4 rings (SSSR count). The van der Waals surface area contributed by atoms with Gasteiger partial charge in [-0.05, 0) is 54.5 Å². The summed E-state index contributed by atoms with van der Waals surface area (Å²) in [5.74, 6) is 1.22. The van der Waals surface area contributed by atoms with Gasteiger partial charge in [0.2, 0.25) is 5.91 Å². The Bertz CT molecular complexity index is 1100. The summed E-state index contributed by atoms with van der Waals surface area (Å²) in [5.41, 5.74) is 3.18. The van der Waals surface area contributed by atoms with Crippen molar-refractivity contribution < 1.29 is 14.3 Å². The van der Waals surface area contributed by atoms with Crippen LogP contribution in [0.3, 0.4) is 0 Å². The predicted octanol–water partition coefficient (Wildman–Crippen LogP) is 5.31. The van der Waals surface area contributed by atoms with E-state index >= 15 is 0 Å². The molecule has 2 amide bonds. The maximum Gasteiger partial charge on any atom is 0.283 e. The first-order valence-electron chi connectivity index (χ1n) is 11.8. The highest BCUT2D eigenvalue weighted by atomic mass is 32.2. The number of nitrogens with zero attached hydrogens (tertiary/aromatic N) is 3. The quantitative estimate of drug-likeness (QED) is 0.529. The van der Waals surface area contributed by atoms with Crippen molar-refractivity contribution in [1.82, 2.24) is 4.90 Å². The van der Waals surface area contributed by atoms with Crippen molar-refractivity contribution in [2.45, 2.75) is 39.0 Å². The first-order valence-corrected chi connectivity index (χ1v) is 12.7. The van der Waals surface area contributed by atoms with Gasteiger partial charge in [-0.3, -0.25) is 14.5 Å². The van der Waals surface area contributed by atoms with Gasteiger partial charge in [-0.15, -0.1) is 0 Å². The molecule has 7 heteroatoms. The third-order valence-electron chi connectivity index (χ3n) is 6.08. The molecule has 0 saturated carbocycles. The second kappa shape index (κ2) is 10.9. The first-order chi connectivity index (χ1) is 16.5. The van der Waals surface area contributed by atoms with Crippen LogP contribution in [-0.4, -0.2) is 47.8 Å². The van der Waals surface area contributed by atoms with Crippen LogP contribution in [0.15, 0.2) is 59.2 Å². The molecule has 0 bridgehead atoms. The van der Waals surface area contributed by atoms with Gasteiger partial charge in [-0.2, -0.15) is 0 Å². The summed E-state index contributed by atoms with van der Waals surface area (Å²) in [6.45, 7) is 5.92. The topological polar surface area (TPSA) is 62.2 Å². The van der Waals surface area contributed by atoms with E-state index in [1.54, 1.807) is 24.2 Å². The highest BCUT2D eigenvalue weighted by Crippen LogP contribution is 2.31. The Balaban J connectivity index is 1.60. The van der Waals surface area contributed by atoms with Gasteiger partial charge in [0.15, 0.2) is 5.17 Å². The number of rotatable bonds is 6. The Morgan fingerprint density at radius 3 is 2.53 bits per heavy atom. The van der Waals surface area contributed by atoms with Gasteiger partial charge < -0.3 is 9.64 Å². The molecule has 2 heterocycles. The molecule has 0 aromatic heterocycles. The largest absolute Gasteiger partial charge is 0.497 e. The lowest BCUT2D eigenvalue weighted by molar-refractivity contribution is -0.129. The number of carbonyl (C=O) groups excluding carboxylic acids is 2. The standard InChI is InChI=1S/C27H31N3O3S/c1-19(2)21-12-10-20(11-13-21)16-24-26(32)30(22-8-7-9-23(17-22)33-3)27(28-24)34-18-25(31)29-14-5-4-6-15-29/h7-13,16-17,19H,4-6,14-15,18H2,1-3H3/b24-16+. The molecule has 178 valence electrons. The monoisotopic (exact) mass is 477 g/mol. The summed E-state index contributed by atoms with van der Waals surface area (Å²) < 4.78 is 5.36. The summed E-state index contributed by atoms with van der Waals surface area (Å²) in [6.07, 6.45) is 5.08. The minimum Gasteiger partial charge on any atom is -0.497 e. The number of ether oxygens (including phenoxy) is 1. The van der Waals surface area contributed by atoms with E-state index in [-0.39, 0.29) is 17.6 Å². The van der Waals surface area contributed by atoms with E-state index in [4.69, 9.17) is 4.74 Å². The average molecular weight is 478 g/mol. The number of hydrogen-bond acceptors (Lipinski definition) is 5. The van der Waals surface area contributed by atoms with Crippen molar-refractivity contribution in [2.75, 3.05) is 30.9 Å². The van der Waals surface area contributed by atoms with Crippen LogP contribution in [0.5, 0.6) is 5.75 Å². The molecule has 0 aliphatic carbocycles. The van der Waals surface area contributed by atoms with Crippen LogP contribution in [0, 0.1) is 0 Å². The molecule has 0 N–H and O–H groups in total. The van der Waals surface area contributed by atoms with Crippen molar-refractivity contribution in [1.29, 1.82) is 0 Å². The Labute approximate surface area is 205 Å². The Morgan fingerprint density at radius 1 is 1.12 bits per heavy atom. The fourth-order valence-electron chi connectivity index (χ4n) is 4.07. The first kappa shape index (κ1) is 24.1. The molecular formula is C27H31N3O3S. The van der Waals surface area contributed by atoms with Crippen LogP contribution in [0.1, 0.15) is 50.2 Å². The zero-order chi connectivity index (χ0) is 24.1. The van der Waals surface area contributed by atoms with E-state index in [0.717, 1.165) is 31.5 Å². The van der Waals surface area contributed by atoms with Crippen LogP contribution in [0.4, 0.5) is 5.69 Å². The molecule has 6 nitrogen and oxygen atoms in total. The Kier molecular flexibility index (Phi) is 7.73. The minimum absolute atomic E-state index is 0.0899. The number of amidine groups is 1. The van der Waals surface area contributed by atoms with Gasteiger partial charge in [-0.1, -0.05) is 55.9 Å². The number of likely N-dealkylation sites (tertiary alicyclic amines) is 1. The molecule has 0 unspecified atom stereocenters. The number of thioether (sulfide) groups is 1. The van der Waals surface area contributed by atoms with Gasteiger partial charge in [0.1, 0.15) is 11.4 Å². The minimum atomic E-state index is -0.214. The number of piperidine rings is 1. The molecule has 2 aliphatic heterocycles. The number of anilines is 1. The molecular weight excluding hydrogens is 446 g/mol. The maximum absolute atomic E-state index is 13.4. The van der Waals surface area contributed by atoms with E-state index in [9.17, 15) is 9.59 Å². The number of hydrogen-bond donors (Lipinski definition) is 0. The van der Waals surface area contributed by atoms with Crippen LogP contribution in [0.25, 0.3) is 6.08 Å². The summed E-state index contributed by atoms with van der Waals surface area (Å²) in [7, 11) is 1.60. The second-order valence-corrected chi connectivity index (χ2v) is 9.76. The van der Waals surface area contributed by atoms with Gasteiger partial charge in [0.05, 0.1) is 18.6 Å². The average Bonchev–Trinajstić information content (AvgIpc) is 3.18. The van der Waals surface area contributed by atoms with Crippen molar-refractivity contribution in [3.05, 3.63) is 65.4 Å². The van der Waals surface area contributed by atoms with E-state index < -0.39 is 0 Å². The molecule has 2 aromatic rings. The van der Waals surface area contributed by atoms with Gasteiger partial charge in [0.25, 0.3) is 5.91 Å². The van der Waals surface area contributed by atoms with E-state index in [1.807, 2.05) is 35.2 Å². The summed E-state index contributed by atoms with van der Waals surface area (Å²) in [5, 5.41) is 0.508. The smallest absolute Gasteiger partial charge is 0.283 e. The highest BCUT2D eigenvalue weighted by Gasteiger charge is 2.33. The molecule has 0 atom stereocenters. The van der Waals surface area contributed by atoms with Crippen LogP contribution >= 0.6 is 11.8 Å². The van der Waals surface area contributed by atoms with E-state index in [0.29, 0.717) is 28.2 Å². The summed E-state index contributed by atoms with van der Waals surface area (Å²) >= 11 is 1.31. The van der Waals surface area contributed by atoms with Crippen molar-refractivity contribution in [3.63, 3.8) is 0 Å². The number of carbonyl (C=O) groups is 2. The van der Waals surface area contributed by atoms with Crippen molar-refractivity contribution in [3.8, 4) is 5.75 Å². The maximum atomic E-state index is 13.4. The van der Waals surface area contributed by atoms with Gasteiger partial charge >= 0.3 is 0 Å². The fraction of sp³-hybridized carbons (Fsp3) is 0.370. The molecule has 2 aromatic carbocycles. The Hall–Kier alpha value is -3.06. The normalized spacial score (nSPS) is 17.5. The molecule has 34 heavy (non-hydrogen) atoms. The molecule has 0 spiro atoms. The lowest BCUT2D eigenvalue weighted by Crippen LogP contribution is -2.38. The van der Waals surface area contributed by atoms with Crippen LogP contribution in [0.2, 0.25) is 0 Å². The number of methoxy groups -OCH3 is 1. The predicted molar refractivity (Wildman–Crippen MR) is 139 cm³/mol. The van der Waals surface area contributed by atoms with E-state index in [2.05, 4.69) is 31.0 Å². The zero-order valence-electron chi connectivity index (χ0n) is 20.0. The third-order valence-corrected chi connectivity index (χ3v) is 7.00. The van der Waals surface area contributed by atoms with Gasteiger partial charge in [-0.25, -0.2) is 4.99 Å². The molecule has 0 radical (unpaired) electrons. The third kappa shape index (κ3) is 5.53. The number of aliphatic imine (C=N–C) groups is 1.